The van der Waals surface area contributed by atoms with E-state index in [1.54, 1.807) is 0 Å². The number of hydrogen-bond acceptors (Lipinski definition) is 3. The van der Waals surface area contributed by atoms with Crippen LogP contribution in [0.2, 0.25) is 0 Å². The molecule has 0 amide bonds. The Hall–Kier alpha value is -1.52. The summed E-state index contributed by atoms with van der Waals surface area (Å²) >= 11 is 0. The summed E-state index contributed by atoms with van der Waals surface area (Å²) in [6.07, 6.45) is 5.65. The largest absolute Gasteiger partial charge is 0.303 e. The summed E-state index contributed by atoms with van der Waals surface area (Å²) in [6, 6.07) is 15.2. The molecule has 1 saturated heterocycles. The SMILES string of the molecule is O=S1CCC(NC(c2ccccc2)c2ccncc2)CC1. The minimum Gasteiger partial charge on any atom is -0.303 e. The molecule has 4 heteroatoms. The lowest BCUT2D eigenvalue weighted by atomic mass is 9.97. The summed E-state index contributed by atoms with van der Waals surface area (Å²) in [7, 11) is -0.615. The molecule has 21 heavy (non-hydrogen) atoms. The number of aromatic nitrogens is 1. The fraction of sp³-hybridized carbons (Fsp3) is 0.353. The third-order valence-corrected chi connectivity index (χ3v) is 5.34. The van der Waals surface area contributed by atoms with Crippen LogP contribution >= 0.6 is 0 Å². The third-order valence-electron chi connectivity index (χ3n) is 3.96. The molecular formula is C17H20N2OS. The predicted molar refractivity (Wildman–Crippen MR) is 86.6 cm³/mol. The molecule has 0 saturated carbocycles. The van der Waals surface area contributed by atoms with Gasteiger partial charge in [0.25, 0.3) is 0 Å². The molecule has 1 aliphatic heterocycles. The molecule has 1 N–H and O–H groups in total. The number of nitrogens with zero attached hydrogens (tertiary/aromatic N) is 1. The lowest BCUT2D eigenvalue weighted by Crippen LogP contribution is -2.38. The van der Waals surface area contributed by atoms with Crippen molar-refractivity contribution in [1.29, 1.82) is 0 Å². The normalized spacial score (nSPS) is 23.6. The van der Waals surface area contributed by atoms with Crippen LogP contribution in [0.3, 0.4) is 0 Å². The van der Waals surface area contributed by atoms with Gasteiger partial charge in [0.05, 0.1) is 6.04 Å². The minimum atomic E-state index is -0.615. The Balaban J connectivity index is 1.81. The summed E-state index contributed by atoms with van der Waals surface area (Å²) in [5, 5.41) is 3.75. The van der Waals surface area contributed by atoms with Crippen LogP contribution < -0.4 is 5.32 Å². The summed E-state index contributed by atoms with van der Waals surface area (Å²) in [5.74, 6) is 1.63. The Morgan fingerprint density at radius 1 is 1.00 bits per heavy atom. The van der Waals surface area contributed by atoms with Crippen molar-refractivity contribution in [1.82, 2.24) is 10.3 Å². The van der Waals surface area contributed by atoms with Gasteiger partial charge < -0.3 is 5.32 Å². The van der Waals surface area contributed by atoms with E-state index in [9.17, 15) is 4.21 Å². The molecule has 1 fully saturated rings. The first-order valence-electron chi connectivity index (χ1n) is 7.39. The van der Waals surface area contributed by atoms with Crippen LogP contribution in [-0.4, -0.2) is 26.7 Å². The van der Waals surface area contributed by atoms with E-state index in [2.05, 4.69) is 46.7 Å². The van der Waals surface area contributed by atoms with Gasteiger partial charge in [-0.3, -0.25) is 9.19 Å². The first kappa shape index (κ1) is 14.4. The molecule has 2 heterocycles. The zero-order valence-corrected chi connectivity index (χ0v) is 12.8. The van der Waals surface area contributed by atoms with Crippen LogP contribution in [0.25, 0.3) is 0 Å². The zero-order chi connectivity index (χ0) is 14.5. The van der Waals surface area contributed by atoms with Crippen molar-refractivity contribution in [3.8, 4) is 0 Å². The van der Waals surface area contributed by atoms with Crippen LogP contribution in [0.5, 0.6) is 0 Å². The molecule has 1 aliphatic rings. The highest BCUT2D eigenvalue weighted by molar-refractivity contribution is 7.85. The molecule has 1 atom stereocenters. The van der Waals surface area contributed by atoms with Crippen molar-refractivity contribution in [3.05, 3.63) is 66.0 Å². The number of rotatable bonds is 4. The second-order valence-electron chi connectivity index (χ2n) is 5.41. The van der Waals surface area contributed by atoms with E-state index in [0.29, 0.717) is 6.04 Å². The fourth-order valence-electron chi connectivity index (χ4n) is 2.78. The van der Waals surface area contributed by atoms with Gasteiger partial charge >= 0.3 is 0 Å². The highest BCUT2D eigenvalue weighted by Gasteiger charge is 2.22. The lowest BCUT2D eigenvalue weighted by Gasteiger charge is -2.29. The summed E-state index contributed by atoms with van der Waals surface area (Å²) in [5.41, 5.74) is 2.48. The molecule has 3 rings (SSSR count). The summed E-state index contributed by atoms with van der Waals surface area (Å²) in [6.45, 7) is 0. The van der Waals surface area contributed by atoms with Gasteiger partial charge in [-0.2, -0.15) is 0 Å². The highest BCUT2D eigenvalue weighted by Crippen LogP contribution is 2.24. The fourth-order valence-corrected chi connectivity index (χ4v) is 4.08. The molecular weight excluding hydrogens is 280 g/mol. The average Bonchev–Trinajstić information content (AvgIpc) is 2.56. The van der Waals surface area contributed by atoms with Crippen LogP contribution in [-0.2, 0) is 10.8 Å². The average molecular weight is 300 g/mol. The molecule has 0 radical (unpaired) electrons. The Labute approximate surface area is 128 Å². The van der Waals surface area contributed by atoms with E-state index in [1.165, 1.54) is 11.1 Å². The smallest absolute Gasteiger partial charge is 0.0579 e. The number of benzene rings is 1. The van der Waals surface area contributed by atoms with Crippen molar-refractivity contribution in [2.24, 2.45) is 0 Å². The van der Waals surface area contributed by atoms with Gasteiger partial charge in [0.2, 0.25) is 0 Å². The van der Waals surface area contributed by atoms with E-state index in [4.69, 9.17) is 0 Å². The Kier molecular flexibility index (Phi) is 4.78. The Morgan fingerprint density at radius 2 is 1.62 bits per heavy atom. The van der Waals surface area contributed by atoms with Crippen LogP contribution in [0, 0.1) is 0 Å². The Morgan fingerprint density at radius 3 is 2.29 bits per heavy atom. The summed E-state index contributed by atoms with van der Waals surface area (Å²) < 4.78 is 11.5. The van der Waals surface area contributed by atoms with Crippen molar-refractivity contribution in [2.75, 3.05) is 11.5 Å². The predicted octanol–water partition coefficient (Wildman–Crippen LogP) is 2.67. The first-order valence-corrected chi connectivity index (χ1v) is 8.87. The van der Waals surface area contributed by atoms with Gasteiger partial charge in [-0.1, -0.05) is 30.3 Å². The molecule has 2 aromatic rings. The van der Waals surface area contributed by atoms with Gasteiger partial charge in [-0.25, -0.2) is 0 Å². The molecule has 110 valence electrons. The van der Waals surface area contributed by atoms with Crippen molar-refractivity contribution >= 4 is 10.8 Å². The monoisotopic (exact) mass is 300 g/mol. The number of hydrogen-bond donors (Lipinski definition) is 1. The maximum absolute atomic E-state index is 11.5. The maximum atomic E-state index is 11.5. The molecule has 0 aliphatic carbocycles. The van der Waals surface area contributed by atoms with E-state index < -0.39 is 10.8 Å². The van der Waals surface area contributed by atoms with E-state index in [0.717, 1.165) is 24.3 Å². The molecule has 1 aromatic carbocycles. The minimum absolute atomic E-state index is 0.172. The van der Waals surface area contributed by atoms with Crippen molar-refractivity contribution in [2.45, 2.75) is 24.9 Å². The lowest BCUT2D eigenvalue weighted by molar-refractivity contribution is 0.441. The highest BCUT2D eigenvalue weighted by atomic mass is 32.2. The quantitative estimate of drug-likeness (QED) is 0.944. The van der Waals surface area contributed by atoms with Gasteiger partial charge in [0.1, 0.15) is 0 Å². The topological polar surface area (TPSA) is 42.0 Å². The van der Waals surface area contributed by atoms with Crippen molar-refractivity contribution in [3.63, 3.8) is 0 Å². The first-order chi connectivity index (χ1) is 10.3. The third kappa shape index (κ3) is 3.77. The summed E-state index contributed by atoms with van der Waals surface area (Å²) in [4.78, 5) is 4.11. The van der Waals surface area contributed by atoms with Gasteiger partial charge in [0, 0.05) is 40.7 Å². The second kappa shape index (κ2) is 6.96. The maximum Gasteiger partial charge on any atom is 0.0579 e. The van der Waals surface area contributed by atoms with Gasteiger partial charge in [-0.15, -0.1) is 0 Å². The Bertz CT molecular complexity index is 539. The van der Waals surface area contributed by atoms with Crippen LogP contribution in [0.15, 0.2) is 54.9 Å². The molecule has 1 aromatic heterocycles. The van der Waals surface area contributed by atoms with Gasteiger partial charge in [0.15, 0.2) is 0 Å². The van der Waals surface area contributed by atoms with Crippen LogP contribution in [0.1, 0.15) is 30.0 Å². The zero-order valence-electron chi connectivity index (χ0n) is 11.9. The number of nitrogens with one attached hydrogen (secondary N) is 1. The van der Waals surface area contributed by atoms with Crippen molar-refractivity contribution < 1.29 is 4.21 Å². The van der Waals surface area contributed by atoms with Gasteiger partial charge in [-0.05, 0) is 36.1 Å². The molecule has 1 unspecified atom stereocenters. The molecule has 0 spiro atoms. The van der Waals surface area contributed by atoms with E-state index >= 15 is 0 Å². The van der Waals surface area contributed by atoms with E-state index in [-0.39, 0.29) is 6.04 Å². The molecule has 0 bridgehead atoms. The van der Waals surface area contributed by atoms with Crippen LogP contribution in [0.4, 0.5) is 0 Å². The number of pyridine rings is 1. The molecule has 3 nitrogen and oxygen atoms in total. The van der Waals surface area contributed by atoms with E-state index in [1.807, 2.05) is 18.5 Å². The standard InChI is InChI=1S/C17H20N2OS/c20-21-12-8-16(9-13-21)19-17(14-4-2-1-3-5-14)15-6-10-18-11-7-15/h1-7,10-11,16-17,19H,8-9,12-13H2. The second-order valence-corrected chi connectivity index (χ2v) is 7.11.